The Kier molecular flexibility index (Phi) is 1.35. The molecule has 0 aliphatic rings. The third-order valence-corrected chi connectivity index (χ3v) is 1.63. The molecule has 2 aromatic rings. The van der Waals surface area contributed by atoms with Crippen molar-refractivity contribution in [2.24, 2.45) is 0 Å². The smallest absolute Gasteiger partial charge is 0.0708 e. The average Bonchev–Trinajstić information content (AvgIpc) is 2.04. The molecule has 2 rings (SSSR count). The highest BCUT2D eigenvalue weighted by Crippen LogP contribution is 2.10. The Morgan fingerprint density at radius 1 is 1.27 bits per heavy atom. The van der Waals surface area contributed by atoms with Crippen LogP contribution < -0.4 is 0 Å². The van der Waals surface area contributed by atoms with Crippen LogP contribution in [0.5, 0.6) is 0 Å². The number of rotatable bonds is 0. The number of hydrogen-bond acceptors (Lipinski definition) is 1. The van der Waals surface area contributed by atoms with Crippen molar-refractivity contribution in [1.82, 2.24) is 4.98 Å². The first-order valence-electron chi connectivity index (χ1n) is 3.60. The SMILES string of the molecule is Cc1[c]c2ccccc2nc1. The van der Waals surface area contributed by atoms with E-state index in [1.165, 1.54) is 0 Å². The molecule has 1 aromatic carbocycles. The summed E-state index contributed by atoms with van der Waals surface area (Å²) >= 11 is 0. The summed E-state index contributed by atoms with van der Waals surface area (Å²) in [5.74, 6) is 0. The van der Waals surface area contributed by atoms with Crippen LogP contribution in [-0.2, 0) is 0 Å². The van der Waals surface area contributed by atoms with Crippen LogP contribution >= 0.6 is 0 Å². The predicted molar refractivity (Wildman–Crippen MR) is 45.3 cm³/mol. The Bertz CT molecular complexity index is 379. The van der Waals surface area contributed by atoms with Gasteiger partial charge in [0.2, 0.25) is 0 Å². The lowest BCUT2D eigenvalue weighted by Crippen LogP contribution is -1.79. The summed E-state index contributed by atoms with van der Waals surface area (Å²) in [7, 11) is 0. The van der Waals surface area contributed by atoms with E-state index in [2.05, 4.69) is 11.1 Å². The Morgan fingerprint density at radius 2 is 2.09 bits per heavy atom. The summed E-state index contributed by atoms with van der Waals surface area (Å²) in [6.07, 6.45) is 1.84. The zero-order valence-corrected chi connectivity index (χ0v) is 6.33. The molecule has 0 aliphatic carbocycles. The molecule has 0 saturated heterocycles. The number of hydrogen-bond donors (Lipinski definition) is 0. The van der Waals surface area contributed by atoms with Crippen molar-refractivity contribution in [2.45, 2.75) is 6.92 Å². The number of fused-ring (bicyclic) bond motifs is 1. The minimum absolute atomic E-state index is 1.01. The van der Waals surface area contributed by atoms with E-state index in [1.54, 1.807) is 0 Å². The van der Waals surface area contributed by atoms with Crippen LogP contribution in [0, 0.1) is 13.0 Å². The molecule has 0 unspecified atom stereocenters. The Hall–Kier alpha value is -1.37. The fourth-order valence-corrected chi connectivity index (χ4v) is 1.10. The van der Waals surface area contributed by atoms with E-state index in [4.69, 9.17) is 0 Å². The van der Waals surface area contributed by atoms with E-state index in [0.717, 1.165) is 16.5 Å². The van der Waals surface area contributed by atoms with Crippen LogP contribution in [0.3, 0.4) is 0 Å². The van der Waals surface area contributed by atoms with Crippen molar-refractivity contribution in [2.75, 3.05) is 0 Å². The number of pyridine rings is 1. The first-order chi connectivity index (χ1) is 5.36. The van der Waals surface area contributed by atoms with E-state index in [-0.39, 0.29) is 0 Å². The lowest BCUT2D eigenvalue weighted by molar-refractivity contribution is 1.33. The number of nitrogens with zero attached hydrogens (tertiary/aromatic N) is 1. The maximum atomic E-state index is 4.25. The van der Waals surface area contributed by atoms with Crippen LogP contribution in [0.1, 0.15) is 5.56 Å². The molecular formula is C10H8N. The highest BCUT2D eigenvalue weighted by atomic mass is 14.6. The standard InChI is InChI=1S/C10H8N/c1-8-6-9-4-2-3-5-10(9)11-7-8/h2-5,7H,1H3. The van der Waals surface area contributed by atoms with Gasteiger partial charge in [0.15, 0.2) is 0 Å². The topological polar surface area (TPSA) is 12.9 Å². The van der Waals surface area contributed by atoms with E-state index in [0.29, 0.717) is 0 Å². The molecular weight excluding hydrogens is 134 g/mol. The average molecular weight is 142 g/mol. The first-order valence-corrected chi connectivity index (χ1v) is 3.60. The van der Waals surface area contributed by atoms with Crippen LogP contribution in [-0.4, -0.2) is 4.98 Å². The van der Waals surface area contributed by atoms with Crippen LogP contribution in [0.25, 0.3) is 10.9 Å². The minimum atomic E-state index is 1.01. The van der Waals surface area contributed by atoms with Gasteiger partial charge in [0.1, 0.15) is 0 Å². The molecule has 1 heterocycles. The van der Waals surface area contributed by atoms with Crippen molar-refractivity contribution < 1.29 is 0 Å². The van der Waals surface area contributed by atoms with E-state index >= 15 is 0 Å². The Balaban J connectivity index is 2.83. The lowest BCUT2D eigenvalue weighted by Gasteiger charge is -1.95. The number of para-hydroxylation sites is 1. The molecule has 1 aromatic heterocycles. The van der Waals surface area contributed by atoms with Gasteiger partial charge in [0.25, 0.3) is 0 Å². The maximum Gasteiger partial charge on any atom is 0.0708 e. The van der Waals surface area contributed by atoms with Gasteiger partial charge < -0.3 is 0 Å². The Morgan fingerprint density at radius 3 is 3.00 bits per heavy atom. The normalized spacial score (nSPS) is 10.3. The van der Waals surface area contributed by atoms with E-state index in [1.807, 2.05) is 37.4 Å². The molecule has 0 fully saturated rings. The molecule has 0 atom stereocenters. The summed E-state index contributed by atoms with van der Waals surface area (Å²) in [6.45, 7) is 2.00. The zero-order chi connectivity index (χ0) is 7.68. The summed E-state index contributed by atoms with van der Waals surface area (Å²) in [5, 5.41) is 1.09. The van der Waals surface area contributed by atoms with Gasteiger partial charge in [-0.15, -0.1) is 0 Å². The van der Waals surface area contributed by atoms with Crippen molar-refractivity contribution >= 4 is 10.9 Å². The van der Waals surface area contributed by atoms with Crippen molar-refractivity contribution in [3.63, 3.8) is 0 Å². The number of benzene rings is 1. The fourth-order valence-electron chi connectivity index (χ4n) is 1.10. The molecule has 0 amide bonds. The monoisotopic (exact) mass is 142 g/mol. The van der Waals surface area contributed by atoms with Gasteiger partial charge in [-0.25, -0.2) is 0 Å². The first kappa shape index (κ1) is 6.35. The molecule has 0 saturated carbocycles. The highest BCUT2D eigenvalue weighted by molar-refractivity contribution is 5.77. The number of aryl methyl sites for hydroxylation is 1. The van der Waals surface area contributed by atoms with Crippen LogP contribution in [0.15, 0.2) is 30.5 Å². The van der Waals surface area contributed by atoms with Crippen molar-refractivity contribution in [1.29, 1.82) is 0 Å². The third kappa shape index (κ3) is 1.09. The fraction of sp³-hybridized carbons (Fsp3) is 0.100. The highest BCUT2D eigenvalue weighted by Gasteiger charge is 1.91. The second-order valence-electron chi connectivity index (χ2n) is 2.58. The molecule has 1 heteroatoms. The molecule has 1 nitrogen and oxygen atoms in total. The summed E-state index contributed by atoms with van der Waals surface area (Å²) in [4.78, 5) is 4.25. The molecule has 0 spiro atoms. The van der Waals surface area contributed by atoms with Gasteiger partial charge in [-0.2, -0.15) is 0 Å². The molecule has 0 bridgehead atoms. The summed E-state index contributed by atoms with van der Waals surface area (Å²) < 4.78 is 0. The van der Waals surface area contributed by atoms with Gasteiger partial charge in [-0.05, 0) is 24.6 Å². The van der Waals surface area contributed by atoms with Crippen LogP contribution in [0.4, 0.5) is 0 Å². The summed E-state index contributed by atoms with van der Waals surface area (Å²) in [5.41, 5.74) is 2.10. The minimum Gasteiger partial charge on any atom is -0.256 e. The molecule has 11 heavy (non-hydrogen) atoms. The molecule has 0 aliphatic heterocycles. The second kappa shape index (κ2) is 2.35. The largest absolute Gasteiger partial charge is 0.256 e. The van der Waals surface area contributed by atoms with E-state index in [9.17, 15) is 0 Å². The molecule has 53 valence electrons. The van der Waals surface area contributed by atoms with Gasteiger partial charge >= 0.3 is 0 Å². The predicted octanol–water partition coefficient (Wildman–Crippen LogP) is 2.34. The number of aromatic nitrogens is 1. The maximum absolute atomic E-state index is 4.25. The van der Waals surface area contributed by atoms with Gasteiger partial charge in [0.05, 0.1) is 5.52 Å². The molecule has 1 radical (unpaired) electrons. The zero-order valence-electron chi connectivity index (χ0n) is 6.33. The molecule has 0 N–H and O–H groups in total. The van der Waals surface area contributed by atoms with Crippen molar-refractivity contribution in [3.8, 4) is 0 Å². The quantitative estimate of drug-likeness (QED) is 0.550. The second-order valence-corrected chi connectivity index (χ2v) is 2.58. The lowest BCUT2D eigenvalue weighted by atomic mass is 10.2. The van der Waals surface area contributed by atoms with Gasteiger partial charge in [-0.3, -0.25) is 4.98 Å². The van der Waals surface area contributed by atoms with Gasteiger partial charge in [-0.1, -0.05) is 18.2 Å². The third-order valence-electron chi connectivity index (χ3n) is 1.63. The van der Waals surface area contributed by atoms with Gasteiger partial charge in [0, 0.05) is 11.6 Å². The van der Waals surface area contributed by atoms with E-state index < -0.39 is 0 Å². The van der Waals surface area contributed by atoms with Crippen molar-refractivity contribution in [3.05, 3.63) is 42.1 Å². The Labute approximate surface area is 65.7 Å². The van der Waals surface area contributed by atoms with Crippen LogP contribution in [0.2, 0.25) is 0 Å². The summed E-state index contributed by atoms with van der Waals surface area (Å²) in [6, 6.07) is 11.2.